The maximum Gasteiger partial charge on any atom is 0.307 e. The second kappa shape index (κ2) is 38.1. The molecule has 6 nitrogen and oxygen atoms in total. The van der Waals surface area contributed by atoms with Gasteiger partial charge in [0.15, 0.2) is 6.23 Å². The van der Waals surface area contributed by atoms with Crippen molar-refractivity contribution >= 4 is 28.9 Å². The van der Waals surface area contributed by atoms with Crippen LogP contribution in [0.4, 0.5) is 0 Å². The molecule has 0 rings (SSSR count). The van der Waals surface area contributed by atoms with E-state index in [1.807, 2.05) is 13.8 Å². The highest BCUT2D eigenvalue weighted by Crippen LogP contribution is 2.18. The lowest BCUT2D eigenvalue weighted by atomic mass is 9.97. The Morgan fingerprint density at radius 2 is 0.885 bits per heavy atom. The van der Waals surface area contributed by atoms with Crippen molar-refractivity contribution in [1.29, 1.82) is 0 Å². The maximum absolute atomic E-state index is 12.8. The molecule has 0 aromatic rings. The number of ether oxygens (including phenoxy) is 2. The first kappa shape index (κ1) is 52.9. The van der Waals surface area contributed by atoms with Gasteiger partial charge >= 0.3 is 11.9 Å². The van der Waals surface area contributed by atoms with E-state index in [1.165, 1.54) is 116 Å². The van der Waals surface area contributed by atoms with Gasteiger partial charge in [-0.15, -0.1) is 17.0 Å². The van der Waals surface area contributed by atoms with Crippen LogP contribution in [0.25, 0.3) is 0 Å². The minimum Gasteiger partial charge on any atom is -0.457 e. The van der Waals surface area contributed by atoms with Crippen molar-refractivity contribution in [1.82, 2.24) is 5.32 Å². The molecule has 0 aromatic carbocycles. The summed E-state index contributed by atoms with van der Waals surface area (Å²) in [5.41, 5.74) is -0.508. The van der Waals surface area contributed by atoms with Crippen molar-refractivity contribution in [3.63, 3.8) is 0 Å². The number of hydrogen-bond donors (Lipinski definition) is 2. The van der Waals surface area contributed by atoms with E-state index in [9.17, 15) is 14.7 Å². The first-order valence-corrected chi connectivity index (χ1v) is 21.8. The molecule has 0 bridgehead atoms. The largest absolute Gasteiger partial charge is 0.457 e. The maximum atomic E-state index is 12.8. The molecule has 0 aliphatic carbocycles. The third-order valence-electron chi connectivity index (χ3n) is 9.63. The molecule has 52 heavy (non-hydrogen) atoms. The highest BCUT2D eigenvalue weighted by Gasteiger charge is 2.31. The summed E-state index contributed by atoms with van der Waals surface area (Å²) in [5, 5.41) is 13.3. The number of hydrogen-bond acceptors (Lipinski definition) is 6. The Kier molecular flexibility index (Phi) is 38.8. The number of carbonyl (C=O) groups excluding carboxylic acids is 2. The van der Waals surface area contributed by atoms with Crippen molar-refractivity contribution in [2.24, 2.45) is 0 Å². The van der Waals surface area contributed by atoms with Crippen LogP contribution in [-0.2, 0) is 19.1 Å². The van der Waals surface area contributed by atoms with Crippen LogP contribution in [0.2, 0.25) is 0 Å². The van der Waals surface area contributed by atoms with Gasteiger partial charge < -0.3 is 14.6 Å². The number of esters is 2. The van der Waals surface area contributed by atoms with E-state index in [-0.39, 0.29) is 28.9 Å². The lowest BCUT2D eigenvalue weighted by molar-refractivity contribution is -0.171. The summed E-state index contributed by atoms with van der Waals surface area (Å²) in [4.78, 5) is 25.6. The highest BCUT2D eigenvalue weighted by molar-refractivity contribution is 8.93. The molecule has 0 saturated heterocycles. The van der Waals surface area contributed by atoms with Crippen molar-refractivity contribution in [3.05, 3.63) is 24.3 Å². The van der Waals surface area contributed by atoms with E-state index in [2.05, 4.69) is 43.5 Å². The molecular formula is C45H86BrNO5. The summed E-state index contributed by atoms with van der Waals surface area (Å²) in [6.45, 7) is 12.0. The Hall–Kier alpha value is -1.18. The lowest BCUT2D eigenvalue weighted by Crippen LogP contribution is -2.54. The van der Waals surface area contributed by atoms with Crippen LogP contribution in [0.1, 0.15) is 228 Å². The highest BCUT2D eigenvalue weighted by atomic mass is 79.9. The summed E-state index contributed by atoms with van der Waals surface area (Å²) in [6.07, 6.45) is 40.1. The first-order valence-electron chi connectivity index (χ1n) is 21.8. The zero-order valence-electron chi connectivity index (χ0n) is 35.0. The molecule has 0 radical (unpaired) electrons. The minimum absolute atomic E-state index is 0. The number of allylic oxidation sites excluding steroid dienone is 4. The molecule has 0 heterocycles. The zero-order chi connectivity index (χ0) is 37.8. The number of carbonyl (C=O) groups is 2. The molecular weight excluding hydrogens is 714 g/mol. The minimum atomic E-state index is -0.771. The molecule has 2 N–H and O–H groups in total. The normalized spacial score (nSPS) is 13.7. The molecule has 0 spiro atoms. The summed E-state index contributed by atoms with van der Waals surface area (Å²) in [7, 11) is 0. The Labute approximate surface area is 333 Å². The van der Waals surface area contributed by atoms with Crippen LogP contribution in [0, 0.1) is 0 Å². The van der Waals surface area contributed by atoms with E-state index in [0.29, 0.717) is 19.3 Å². The number of nitrogens with one attached hydrogen (secondary N) is 1. The molecule has 7 heteroatoms. The van der Waals surface area contributed by atoms with Gasteiger partial charge in [0.05, 0.1) is 6.10 Å². The average Bonchev–Trinajstić information content (AvgIpc) is 3.07. The second-order valence-corrected chi connectivity index (χ2v) is 15.9. The molecule has 0 fully saturated rings. The summed E-state index contributed by atoms with van der Waals surface area (Å²) in [5.74, 6) is -0.535. The van der Waals surface area contributed by atoms with Gasteiger partial charge in [-0.05, 0) is 98.3 Å². The fourth-order valence-corrected chi connectivity index (χ4v) is 6.63. The molecule has 0 aliphatic heterocycles. The van der Waals surface area contributed by atoms with Crippen molar-refractivity contribution < 1.29 is 24.2 Å². The van der Waals surface area contributed by atoms with Crippen LogP contribution in [0.5, 0.6) is 0 Å². The summed E-state index contributed by atoms with van der Waals surface area (Å²) < 4.78 is 11.6. The molecule has 3 unspecified atom stereocenters. The van der Waals surface area contributed by atoms with Crippen molar-refractivity contribution in [3.8, 4) is 0 Å². The SMILES string of the molecule is Br.CCCCCCCC/C=C\CCCCCCCC(=O)OC(C)C(NC(C)(C)CC(C)O)OC(=O)CCCCCCC/C=C\CCCCCCCC. The molecule has 308 valence electrons. The average molecular weight is 801 g/mol. The first-order chi connectivity index (χ1) is 24.6. The molecule has 0 amide bonds. The van der Waals surface area contributed by atoms with Crippen LogP contribution in [0.15, 0.2) is 24.3 Å². The number of rotatable bonds is 37. The van der Waals surface area contributed by atoms with Gasteiger partial charge in [0.25, 0.3) is 0 Å². The van der Waals surface area contributed by atoms with Crippen molar-refractivity contribution in [2.45, 2.75) is 252 Å². The van der Waals surface area contributed by atoms with Crippen LogP contribution < -0.4 is 5.32 Å². The zero-order valence-corrected chi connectivity index (χ0v) is 36.7. The van der Waals surface area contributed by atoms with Gasteiger partial charge in [-0.3, -0.25) is 14.9 Å². The summed E-state index contributed by atoms with van der Waals surface area (Å²) >= 11 is 0. The van der Waals surface area contributed by atoms with Gasteiger partial charge in [-0.1, -0.05) is 141 Å². The van der Waals surface area contributed by atoms with Gasteiger partial charge in [-0.25, -0.2) is 0 Å². The van der Waals surface area contributed by atoms with Crippen LogP contribution in [-0.4, -0.2) is 41.0 Å². The van der Waals surface area contributed by atoms with Gasteiger partial charge in [0.1, 0.15) is 6.10 Å². The number of unbranched alkanes of at least 4 members (excludes halogenated alkanes) is 22. The Bertz CT molecular complexity index is 859. The van der Waals surface area contributed by atoms with Crippen molar-refractivity contribution in [2.75, 3.05) is 0 Å². The van der Waals surface area contributed by atoms with Gasteiger partial charge in [-0.2, -0.15) is 0 Å². The number of aliphatic hydroxyl groups excluding tert-OH is 1. The lowest BCUT2D eigenvalue weighted by Gasteiger charge is -2.35. The topological polar surface area (TPSA) is 84.9 Å². The predicted octanol–water partition coefficient (Wildman–Crippen LogP) is 13.6. The predicted molar refractivity (Wildman–Crippen MR) is 228 cm³/mol. The van der Waals surface area contributed by atoms with Gasteiger partial charge in [0.2, 0.25) is 0 Å². The standard InChI is InChI=1S/C45H85NO5.BrH/c1-7-9-11-13-15-17-19-21-23-25-27-29-31-33-35-37-42(48)50-41(4)44(46-45(5,6)39-40(3)47)51-43(49)38-36-34-32-30-28-26-24-22-20-18-16-14-12-10-8-2;/h21-24,40-41,44,46-47H,7-20,25-39H2,1-6H3;1H/b23-21-,24-22-;. The van der Waals surface area contributed by atoms with E-state index in [4.69, 9.17) is 9.47 Å². The Morgan fingerprint density at radius 1 is 0.558 bits per heavy atom. The fourth-order valence-electron chi connectivity index (χ4n) is 6.63. The third-order valence-corrected chi connectivity index (χ3v) is 9.63. The molecule has 0 aromatic heterocycles. The molecule has 0 aliphatic rings. The third kappa shape index (κ3) is 37.1. The number of aliphatic hydroxyl groups is 1. The Morgan fingerprint density at radius 3 is 1.25 bits per heavy atom. The van der Waals surface area contributed by atoms with E-state index >= 15 is 0 Å². The Balaban J connectivity index is 0. The van der Waals surface area contributed by atoms with Crippen LogP contribution >= 0.6 is 17.0 Å². The molecule has 0 saturated carbocycles. The quantitative estimate of drug-likeness (QED) is 0.0282. The van der Waals surface area contributed by atoms with E-state index in [0.717, 1.165) is 51.4 Å². The van der Waals surface area contributed by atoms with Crippen LogP contribution in [0.3, 0.4) is 0 Å². The van der Waals surface area contributed by atoms with E-state index in [1.54, 1.807) is 13.8 Å². The summed E-state index contributed by atoms with van der Waals surface area (Å²) in [6, 6.07) is 0. The smallest absolute Gasteiger partial charge is 0.307 e. The second-order valence-electron chi connectivity index (χ2n) is 15.9. The monoisotopic (exact) mass is 800 g/mol. The van der Waals surface area contributed by atoms with E-state index < -0.39 is 24.0 Å². The van der Waals surface area contributed by atoms with Gasteiger partial charge in [0, 0.05) is 18.4 Å². The number of halogens is 1. The molecule has 3 atom stereocenters. The fraction of sp³-hybridized carbons (Fsp3) is 0.867.